The van der Waals surface area contributed by atoms with Crippen molar-refractivity contribution in [2.24, 2.45) is 0 Å². The maximum atomic E-state index is 11.6. The van der Waals surface area contributed by atoms with E-state index < -0.39 is 23.7 Å². The number of aliphatic carboxylic acids is 1. The second-order valence-electron chi connectivity index (χ2n) is 5.73. The van der Waals surface area contributed by atoms with Crippen LogP contribution in [0.2, 0.25) is 0 Å². The molecule has 110 valence electrons. The van der Waals surface area contributed by atoms with Gasteiger partial charge >= 0.3 is 12.1 Å². The Balaban J connectivity index is 2.68. The van der Waals surface area contributed by atoms with E-state index >= 15 is 0 Å². The molecular weight excluding hydrogens is 258 g/mol. The summed E-state index contributed by atoms with van der Waals surface area (Å²) in [6, 6.07) is 6.50. The topological polar surface area (TPSA) is 75.6 Å². The van der Waals surface area contributed by atoms with E-state index in [0.29, 0.717) is 0 Å². The number of ether oxygens (including phenoxy) is 1. The monoisotopic (exact) mass is 279 g/mol. The first-order valence-corrected chi connectivity index (χ1v) is 6.45. The molecule has 0 radical (unpaired) electrons. The molecule has 5 nitrogen and oxygen atoms in total. The standard InChI is InChI=1S/C15H21NO4/c1-10-5-7-11(8-6-10)9-12(13(17)18)16-14(19)20-15(2,3)4/h5-8,12H,9H2,1-4H3,(H,16,19)(H,17,18). The number of hydrogen-bond acceptors (Lipinski definition) is 3. The molecular formula is C15H21NO4. The Hall–Kier alpha value is -2.04. The van der Waals surface area contributed by atoms with Gasteiger partial charge in [0, 0.05) is 6.42 Å². The minimum absolute atomic E-state index is 0.217. The zero-order chi connectivity index (χ0) is 15.3. The average Bonchev–Trinajstić information content (AvgIpc) is 2.28. The van der Waals surface area contributed by atoms with Crippen molar-refractivity contribution in [1.82, 2.24) is 5.32 Å². The molecule has 2 N–H and O–H groups in total. The Morgan fingerprint density at radius 2 is 1.80 bits per heavy atom. The van der Waals surface area contributed by atoms with Crippen LogP contribution in [0.15, 0.2) is 24.3 Å². The van der Waals surface area contributed by atoms with Gasteiger partial charge in [0.25, 0.3) is 0 Å². The lowest BCUT2D eigenvalue weighted by Gasteiger charge is -2.22. The van der Waals surface area contributed by atoms with Crippen LogP contribution in [0.25, 0.3) is 0 Å². The molecule has 0 spiro atoms. The summed E-state index contributed by atoms with van der Waals surface area (Å²) in [7, 11) is 0. The normalized spacial score (nSPS) is 12.6. The van der Waals surface area contributed by atoms with Crippen LogP contribution in [-0.2, 0) is 16.0 Å². The highest BCUT2D eigenvalue weighted by molar-refractivity contribution is 5.80. The lowest BCUT2D eigenvalue weighted by molar-refractivity contribution is -0.139. The number of carboxylic acid groups (broad SMARTS) is 1. The fraction of sp³-hybridized carbons (Fsp3) is 0.467. The molecule has 0 aromatic heterocycles. The average molecular weight is 279 g/mol. The summed E-state index contributed by atoms with van der Waals surface area (Å²) in [4.78, 5) is 22.8. The highest BCUT2D eigenvalue weighted by Crippen LogP contribution is 2.09. The predicted molar refractivity (Wildman–Crippen MR) is 75.7 cm³/mol. The van der Waals surface area contributed by atoms with E-state index in [1.165, 1.54) is 0 Å². The molecule has 1 amide bonds. The smallest absolute Gasteiger partial charge is 0.408 e. The van der Waals surface area contributed by atoms with Crippen LogP contribution in [0.1, 0.15) is 31.9 Å². The fourth-order valence-electron chi connectivity index (χ4n) is 1.61. The molecule has 20 heavy (non-hydrogen) atoms. The van der Waals surface area contributed by atoms with Crippen LogP contribution in [0, 0.1) is 6.92 Å². The molecule has 0 aliphatic carbocycles. The summed E-state index contributed by atoms with van der Waals surface area (Å²) in [5, 5.41) is 11.5. The van der Waals surface area contributed by atoms with Crippen molar-refractivity contribution < 1.29 is 19.4 Å². The van der Waals surface area contributed by atoms with E-state index in [-0.39, 0.29) is 6.42 Å². The summed E-state index contributed by atoms with van der Waals surface area (Å²) in [5.74, 6) is -1.09. The van der Waals surface area contributed by atoms with Crippen molar-refractivity contribution in [2.75, 3.05) is 0 Å². The van der Waals surface area contributed by atoms with E-state index in [1.807, 2.05) is 31.2 Å². The molecule has 1 aromatic rings. The zero-order valence-electron chi connectivity index (χ0n) is 12.3. The molecule has 0 saturated heterocycles. The highest BCUT2D eigenvalue weighted by Gasteiger charge is 2.24. The van der Waals surface area contributed by atoms with Gasteiger partial charge in [-0.3, -0.25) is 0 Å². The summed E-state index contributed by atoms with van der Waals surface area (Å²) < 4.78 is 5.06. The number of rotatable bonds is 4. The Kier molecular flexibility index (Phi) is 5.13. The van der Waals surface area contributed by atoms with Gasteiger partial charge in [-0.15, -0.1) is 0 Å². The van der Waals surface area contributed by atoms with Gasteiger partial charge in [-0.05, 0) is 33.3 Å². The summed E-state index contributed by atoms with van der Waals surface area (Å²) in [6.07, 6.45) is -0.508. The first-order valence-electron chi connectivity index (χ1n) is 6.45. The van der Waals surface area contributed by atoms with Crippen molar-refractivity contribution in [3.05, 3.63) is 35.4 Å². The Morgan fingerprint density at radius 3 is 2.25 bits per heavy atom. The SMILES string of the molecule is Cc1ccc(CC(NC(=O)OC(C)(C)C)C(=O)O)cc1. The van der Waals surface area contributed by atoms with E-state index in [9.17, 15) is 9.59 Å². The summed E-state index contributed by atoms with van der Waals surface area (Å²) in [6.45, 7) is 7.13. The second kappa shape index (κ2) is 6.41. The van der Waals surface area contributed by atoms with E-state index in [0.717, 1.165) is 11.1 Å². The van der Waals surface area contributed by atoms with Crippen LogP contribution in [-0.4, -0.2) is 28.8 Å². The number of amides is 1. The molecule has 1 unspecified atom stereocenters. The first-order chi connectivity index (χ1) is 9.17. The number of aryl methyl sites for hydroxylation is 1. The van der Waals surface area contributed by atoms with E-state index in [4.69, 9.17) is 9.84 Å². The van der Waals surface area contributed by atoms with Crippen molar-refractivity contribution in [1.29, 1.82) is 0 Å². The van der Waals surface area contributed by atoms with Gasteiger partial charge in [-0.25, -0.2) is 9.59 Å². The van der Waals surface area contributed by atoms with Gasteiger partial charge in [0.05, 0.1) is 0 Å². The molecule has 1 rings (SSSR count). The summed E-state index contributed by atoms with van der Waals surface area (Å²) in [5.41, 5.74) is 1.29. The number of carboxylic acids is 1. The molecule has 0 bridgehead atoms. The van der Waals surface area contributed by atoms with E-state index in [2.05, 4.69) is 5.32 Å². The number of carbonyl (C=O) groups excluding carboxylic acids is 1. The maximum absolute atomic E-state index is 11.6. The molecule has 0 fully saturated rings. The molecule has 0 aliphatic rings. The number of nitrogens with one attached hydrogen (secondary N) is 1. The van der Waals surface area contributed by atoms with Gasteiger partial charge in [-0.2, -0.15) is 0 Å². The van der Waals surface area contributed by atoms with Crippen molar-refractivity contribution in [3.63, 3.8) is 0 Å². The minimum Gasteiger partial charge on any atom is -0.480 e. The van der Waals surface area contributed by atoms with Gasteiger partial charge in [0.1, 0.15) is 11.6 Å². The van der Waals surface area contributed by atoms with Crippen molar-refractivity contribution in [3.8, 4) is 0 Å². The predicted octanol–water partition coefficient (Wildman–Crippen LogP) is 2.52. The van der Waals surface area contributed by atoms with Gasteiger partial charge in [-0.1, -0.05) is 29.8 Å². The lowest BCUT2D eigenvalue weighted by Crippen LogP contribution is -2.44. The molecule has 0 heterocycles. The maximum Gasteiger partial charge on any atom is 0.408 e. The second-order valence-corrected chi connectivity index (χ2v) is 5.73. The number of hydrogen-bond donors (Lipinski definition) is 2. The van der Waals surface area contributed by atoms with Gasteiger partial charge in [0.15, 0.2) is 0 Å². The Labute approximate surface area is 118 Å². The molecule has 1 aromatic carbocycles. The highest BCUT2D eigenvalue weighted by atomic mass is 16.6. The molecule has 5 heteroatoms. The largest absolute Gasteiger partial charge is 0.480 e. The van der Waals surface area contributed by atoms with Crippen LogP contribution < -0.4 is 5.32 Å². The Morgan fingerprint density at radius 1 is 1.25 bits per heavy atom. The Bertz CT molecular complexity index is 474. The van der Waals surface area contributed by atoms with Crippen molar-refractivity contribution >= 4 is 12.1 Å². The lowest BCUT2D eigenvalue weighted by atomic mass is 10.0. The fourth-order valence-corrected chi connectivity index (χ4v) is 1.61. The number of benzene rings is 1. The van der Waals surface area contributed by atoms with Gasteiger partial charge in [0.2, 0.25) is 0 Å². The van der Waals surface area contributed by atoms with Crippen LogP contribution in [0.3, 0.4) is 0 Å². The van der Waals surface area contributed by atoms with Crippen LogP contribution in [0.5, 0.6) is 0 Å². The molecule has 0 saturated carbocycles. The quantitative estimate of drug-likeness (QED) is 0.888. The number of alkyl carbamates (subject to hydrolysis) is 1. The van der Waals surface area contributed by atoms with Gasteiger partial charge < -0.3 is 15.2 Å². The third-order valence-corrected chi connectivity index (χ3v) is 2.55. The molecule has 1 atom stereocenters. The van der Waals surface area contributed by atoms with Crippen LogP contribution >= 0.6 is 0 Å². The van der Waals surface area contributed by atoms with E-state index in [1.54, 1.807) is 20.8 Å². The number of carbonyl (C=O) groups is 2. The third-order valence-electron chi connectivity index (χ3n) is 2.55. The minimum atomic E-state index is -1.09. The zero-order valence-corrected chi connectivity index (χ0v) is 12.3. The molecule has 0 aliphatic heterocycles. The first kappa shape index (κ1) is 16.0. The van der Waals surface area contributed by atoms with Crippen molar-refractivity contribution in [2.45, 2.75) is 45.8 Å². The third kappa shape index (κ3) is 5.73. The van der Waals surface area contributed by atoms with Crippen LogP contribution in [0.4, 0.5) is 4.79 Å². The summed E-state index contributed by atoms with van der Waals surface area (Å²) >= 11 is 0.